The average molecular weight is 411 g/mol. The quantitative estimate of drug-likeness (QED) is 0.529. The summed E-state index contributed by atoms with van der Waals surface area (Å²) < 4.78 is 37.6. The fourth-order valence-corrected chi connectivity index (χ4v) is 4.10. The maximum Gasteiger partial charge on any atom is 0.326 e. The Labute approximate surface area is 170 Å². The van der Waals surface area contributed by atoms with Crippen molar-refractivity contribution in [1.82, 2.24) is 0 Å². The van der Waals surface area contributed by atoms with E-state index in [0.717, 1.165) is 9.87 Å². The van der Waals surface area contributed by atoms with E-state index in [4.69, 9.17) is 4.74 Å². The summed E-state index contributed by atoms with van der Waals surface area (Å²) in [5, 5.41) is 0. The minimum atomic E-state index is -3.94. The van der Waals surface area contributed by atoms with Gasteiger partial charge < -0.3 is 9.47 Å². The van der Waals surface area contributed by atoms with Crippen molar-refractivity contribution < 1.29 is 22.7 Å². The lowest BCUT2D eigenvalue weighted by Crippen LogP contribution is -2.36. The van der Waals surface area contributed by atoms with Crippen LogP contribution < -0.4 is 9.04 Å². The van der Waals surface area contributed by atoms with E-state index in [1.165, 1.54) is 19.2 Å². The first-order chi connectivity index (χ1) is 14.0. The van der Waals surface area contributed by atoms with Gasteiger partial charge in [0.1, 0.15) is 18.9 Å². The molecule has 3 aromatic rings. The zero-order valence-corrected chi connectivity index (χ0v) is 16.7. The average Bonchev–Trinajstić information content (AvgIpc) is 2.77. The van der Waals surface area contributed by atoms with E-state index < -0.39 is 22.5 Å². The molecular weight excluding hydrogens is 390 g/mol. The van der Waals surface area contributed by atoms with Gasteiger partial charge in [-0.05, 0) is 42.0 Å². The van der Waals surface area contributed by atoms with Gasteiger partial charge in [0.2, 0.25) is 0 Å². The van der Waals surface area contributed by atoms with E-state index in [0.29, 0.717) is 18.0 Å². The van der Waals surface area contributed by atoms with Crippen LogP contribution in [0.15, 0.2) is 89.8 Å². The van der Waals surface area contributed by atoms with Crippen molar-refractivity contribution in [3.63, 3.8) is 0 Å². The SMILES string of the molecule is COC(=O)CN(c1ccc(OCc2ccccc2)cc1)S(=O)(=O)c1ccccc1. The lowest BCUT2D eigenvalue weighted by Gasteiger charge is -2.23. The third kappa shape index (κ3) is 5.14. The summed E-state index contributed by atoms with van der Waals surface area (Å²) in [6.45, 7) is -0.0354. The molecule has 0 unspecified atom stereocenters. The van der Waals surface area contributed by atoms with Crippen LogP contribution in [0.5, 0.6) is 5.75 Å². The third-order valence-electron chi connectivity index (χ3n) is 4.20. The number of esters is 1. The van der Waals surface area contributed by atoms with Crippen molar-refractivity contribution >= 4 is 21.7 Å². The summed E-state index contributed by atoms with van der Waals surface area (Å²) in [5.74, 6) is -0.0679. The molecule has 0 spiro atoms. The molecule has 0 aliphatic heterocycles. The second kappa shape index (κ2) is 9.25. The van der Waals surface area contributed by atoms with Crippen molar-refractivity contribution in [3.05, 3.63) is 90.5 Å². The Morgan fingerprint density at radius 1 is 0.862 bits per heavy atom. The van der Waals surface area contributed by atoms with E-state index in [9.17, 15) is 13.2 Å². The van der Waals surface area contributed by atoms with E-state index in [2.05, 4.69) is 4.74 Å². The summed E-state index contributed by atoms with van der Waals surface area (Å²) in [7, 11) is -2.72. The third-order valence-corrected chi connectivity index (χ3v) is 5.99. The predicted octanol–water partition coefficient (Wildman–Crippen LogP) is 3.63. The fraction of sp³-hybridized carbons (Fsp3) is 0.136. The van der Waals surface area contributed by atoms with Gasteiger partial charge in [0.15, 0.2) is 0 Å². The number of benzene rings is 3. The molecule has 0 bridgehead atoms. The number of ether oxygens (including phenoxy) is 2. The summed E-state index contributed by atoms with van der Waals surface area (Å²) in [4.78, 5) is 11.9. The highest BCUT2D eigenvalue weighted by molar-refractivity contribution is 7.92. The van der Waals surface area contributed by atoms with Gasteiger partial charge in [0, 0.05) is 0 Å². The molecule has 0 radical (unpaired) electrons. The number of hydrogen-bond donors (Lipinski definition) is 0. The van der Waals surface area contributed by atoms with Crippen LogP contribution >= 0.6 is 0 Å². The zero-order valence-electron chi connectivity index (χ0n) is 15.9. The van der Waals surface area contributed by atoms with Crippen molar-refractivity contribution in [2.75, 3.05) is 18.0 Å². The van der Waals surface area contributed by atoms with Crippen LogP contribution in [0.25, 0.3) is 0 Å². The molecule has 3 rings (SSSR count). The van der Waals surface area contributed by atoms with E-state index >= 15 is 0 Å². The molecule has 0 saturated carbocycles. The highest BCUT2D eigenvalue weighted by Gasteiger charge is 2.27. The highest BCUT2D eigenvalue weighted by Crippen LogP contribution is 2.26. The number of methoxy groups -OCH3 is 1. The van der Waals surface area contributed by atoms with Crippen LogP contribution in [0.3, 0.4) is 0 Å². The maximum absolute atomic E-state index is 13.1. The van der Waals surface area contributed by atoms with Gasteiger partial charge in [-0.1, -0.05) is 48.5 Å². The molecule has 0 aliphatic rings. The van der Waals surface area contributed by atoms with Crippen molar-refractivity contribution in [3.8, 4) is 5.75 Å². The van der Waals surface area contributed by atoms with Gasteiger partial charge in [-0.2, -0.15) is 0 Å². The van der Waals surface area contributed by atoms with E-state index in [1.54, 1.807) is 42.5 Å². The normalized spacial score (nSPS) is 10.9. The van der Waals surface area contributed by atoms with Gasteiger partial charge in [-0.3, -0.25) is 9.10 Å². The molecule has 0 fully saturated rings. The second-order valence-corrected chi connectivity index (χ2v) is 8.03. The summed E-state index contributed by atoms with van der Waals surface area (Å²) in [6, 6.07) is 24.2. The molecule has 0 heterocycles. The van der Waals surface area contributed by atoms with Gasteiger partial charge in [0.05, 0.1) is 17.7 Å². The van der Waals surface area contributed by atoms with Gasteiger partial charge >= 0.3 is 5.97 Å². The molecule has 0 aromatic heterocycles. The van der Waals surface area contributed by atoms with Crippen LogP contribution in [0.1, 0.15) is 5.56 Å². The second-order valence-electron chi connectivity index (χ2n) is 6.17. The number of carbonyl (C=O) groups is 1. The molecule has 0 saturated heterocycles. The molecule has 6 nitrogen and oxygen atoms in total. The fourth-order valence-electron chi connectivity index (χ4n) is 2.67. The molecule has 0 atom stereocenters. The largest absolute Gasteiger partial charge is 0.489 e. The summed E-state index contributed by atoms with van der Waals surface area (Å²) in [6.07, 6.45) is 0. The lowest BCUT2D eigenvalue weighted by atomic mass is 10.2. The van der Waals surface area contributed by atoms with Gasteiger partial charge in [-0.15, -0.1) is 0 Å². The van der Waals surface area contributed by atoms with Crippen LogP contribution in [-0.2, 0) is 26.2 Å². The Balaban J connectivity index is 1.83. The summed E-state index contributed by atoms with van der Waals surface area (Å²) in [5.41, 5.74) is 1.36. The molecule has 3 aromatic carbocycles. The monoisotopic (exact) mass is 411 g/mol. The Kier molecular flexibility index (Phi) is 6.51. The molecular formula is C22H21NO5S. The number of nitrogens with zero attached hydrogens (tertiary/aromatic N) is 1. The van der Waals surface area contributed by atoms with Gasteiger partial charge in [-0.25, -0.2) is 8.42 Å². The van der Waals surface area contributed by atoms with Crippen LogP contribution in [0.2, 0.25) is 0 Å². The molecule has 0 amide bonds. The van der Waals surface area contributed by atoms with Crippen LogP contribution in [0.4, 0.5) is 5.69 Å². The first kappa shape index (κ1) is 20.4. The molecule has 7 heteroatoms. The Hall–Kier alpha value is -3.32. The number of carbonyl (C=O) groups excluding carboxylic acids is 1. The number of anilines is 1. The van der Waals surface area contributed by atoms with Crippen LogP contribution in [0, 0.1) is 0 Å². The van der Waals surface area contributed by atoms with E-state index in [-0.39, 0.29) is 4.90 Å². The van der Waals surface area contributed by atoms with E-state index in [1.807, 2.05) is 30.3 Å². The first-order valence-corrected chi connectivity index (χ1v) is 10.4. The Morgan fingerprint density at radius 2 is 1.45 bits per heavy atom. The summed E-state index contributed by atoms with van der Waals surface area (Å²) >= 11 is 0. The molecule has 0 aliphatic carbocycles. The minimum absolute atomic E-state index is 0.0910. The lowest BCUT2D eigenvalue weighted by molar-refractivity contribution is -0.138. The van der Waals surface area contributed by atoms with Crippen molar-refractivity contribution in [1.29, 1.82) is 0 Å². The molecule has 0 N–H and O–H groups in total. The smallest absolute Gasteiger partial charge is 0.326 e. The number of sulfonamides is 1. The highest BCUT2D eigenvalue weighted by atomic mass is 32.2. The van der Waals surface area contributed by atoms with Crippen LogP contribution in [-0.4, -0.2) is 28.0 Å². The Morgan fingerprint density at radius 3 is 2.03 bits per heavy atom. The Bertz CT molecular complexity index is 1040. The predicted molar refractivity (Wildman–Crippen MR) is 110 cm³/mol. The number of hydrogen-bond acceptors (Lipinski definition) is 5. The standard InChI is InChI=1S/C22H21NO5S/c1-27-22(24)16-23(29(25,26)21-10-6-3-7-11-21)19-12-14-20(15-13-19)28-17-18-8-4-2-5-9-18/h2-15H,16-17H2,1H3. The first-order valence-electron chi connectivity index (χ1n) is 8.92. The van der Waals surface area contributed by atoms with Gasteiger partial charge in [0.25, 0.3) is 10.0 Å². The van der Waals surface area contributed by atoms with Crippen molar-refractivity contribution in [2.45, 2.75) is 11.5 Å². The number of rotatable bonds is 8. The molecule has 150 valence electrons. The molecule has 29 heavy (non-hydrogen) atoms. The minimum Gasteiger partial charge on any atom is -0.489 e. The zero-order chi connectivity index (χ0) is 20.7. The maximum atomic E-state index is 13.1. The van der Waals surface area contributed by atoms with Crippen molar-refractivity contribution in [2.24, 2.45) is 0 Å². The topological polar surface area (TPSA) is 72.9 Å².